The molecule has 4 rings (SSSR count). The highest BCUT2D eigenvalue weighted by Crippen LogP contribution is 2.24. The van der Waals surface area contributed by atoms with Gasteiger partial charge in [0.15, 0.2) is 5.76 Å². The average molecular weight is 273 g/mol. The second-order valence-corrected chi connectivity index (χ2v) is 4.85. The summed E-state index contributed by atoms with van der Waals surface area (Å²) in [7, 11) is 0. The number of hydrogen-bond donors (Lipinski definition) is 0. The number of ketones is 1. The van der Waals surface area contributed by atoms with Crippen LogP contribution in [0.1, 0.15) is 16.1 Å². The maximum Gasteiger partial charge on any atom is 0.228 e. The molecule has 0 saturated heterocycles. The summed E-state index contributed by atoms with van der Waals surface area (Å²) in [5, 5.41) is 1.77. The zero-order chi connectivity index (χ0) is 14.2. The number of carbonyl (C=O) groups excluding carboxylic acids is 1. The summed E-state index contributed by atoms with van der Waals surface area (Å²) in [6, 6.07) is 18.7. The van der Waals surface area contributed by atoms with Crippen molar-refractivity contribution in [2.24, 2.45) is 0 Å². The van der Waals surface area contributed by atoms with Gasteiger partial charge in [-0.3, -0.25) is 9.78 Å². The van der Waals surface area contributed by atoms with Crippen molar-refractivity contribution in [2.75, 3.05) is 0 Å². The van der Waals surface area contributed by atoms with Crippen molar-refractivity contribution in [1.82, 2.24) is 4.98 Å². The number of benzene rings is 2. The van der Waals surface area contributed by atoms with E-state index in [4.69, 9.17) is 4.42 Å². The molecular weight excluding hydrogens is 262 g/mol. The molecule has 0 radical (unpaired) electrons. The highest BCUT2D eigenvalue weighted by Gasteiger charge is 2.16. The van der Waals surface area contributed by atoms with Gasteiger partial charge in [0.25, 0.3) is 0 Å². The normalized spacial score (nSPS) is 11.0. The summed E-state index contributed by atoms with van der Waals surface area (Å²) in [6.45, 7) is 0. The zero-order valence-electron chi connectivity index (χ0n) is 11.1. The summed E-state index contributed by atoms with van der Waals surface area (Å²) >= 11 is 0. The molecule has 0 spiro atoms. The standard InChI is InChI=1S/C18H11NO2/c20-18(17-11-12-5-1-2-9-16(12)21-17)14-6-3-8-15-13(14)7-4-10-19-15/h1-11H. The molecule has 0 aliphatic rings. The number of fused-ring (bicyclic) bond motifs is 2. The van der Waals surface area contributed by atoms with E-state index in [9.17, 15) is 4.79 Å². The first-order valence-electron chi connectivity index (χ1n) is 6.70. The minimum atomic E-state index is -0.121. The van der Waals surface area contributed by atoms with E-state index in [0.29, 0.717) is 11.3 Å². The molecule has 0 bridgehead atoms. The summed E-state index contributed by atoms with van der Waals surface area (Å²) in [6.07, 6.45) is 1.72. The van der Waals surface area contributed by atoms with Crippen LogP contribution in [0, 0.1) is 0 Å². The minimum absolute atomic E-state index is 0.121. The Bertz CT molecular complexity index is 931. The van der Waals surface area contributed by atoms with Gasteiger partial charge in [-0.15, -0.1) is 0 Å². The number of carbonyl (C=O) groups is 1. The van der Waals surface area contributed by atoms with Crippen molar-refractivity contribution in [3.63, 3.8) is 0 Å². The van der Waals surface area contributed by atoms with Crippen molar-refractivity contribution in [3.8, 4) is 0 Å². The van der Waals surface area contributed by atoms with Gasteiger partial charge in [-0.05, 0) is 24.3 Å². The number of nitrogens with zero attached hydrogens (tertiary/aromatic N) is 1. The lowest BCUT2D eigenvalue weighted by Gasteiger charge is -2.02. The Morgan fingerprint density at radius 3 is 2.76 bits per heavy atom. The second-order valence-electron chi connectivity index (χ2n) is 4.85. The fourth-order valence-electron chi connectivity index (χ4n) is 2.53. The van der Waals surface area contributed by atoms with Gasteiger partial charge in [0, 0.05) is 22.5 Å². The largest absolute Gasteiger partial charge is 0.453 e. The summed E-state index contributed by atoms with van der Waals surface area (Å²) < 4.78 is 5.66. The lowest BCUT2D eigenvalue weighted by molar-refractivity contribution is 0.101. The molecule has 4 aromatic rings. The second kappa shape index (κ2) is 4.56. The van der Waals surface area contributed by atoms with E-state index in [1.807, 2.05) is 48.5 Å². The predicted molar refractivity (Wildman–Crippen MR) is 81.4 cm³/mol. The van der Waals surface area contributed by atoms with Gasteiger partial charge in [0.2, 0.25) is 5.78 Å². The van der Waals surface area contributed by atoms with E-state index in [-0.39, 0.29) is 5.78 Å². The Morgan fingerprint density at radius 2 is 1.86 bits per heavy atom. The Labute approximate surface area is 120 Å². The first-order valence-corrected chi connectivity index (χ1v) is 6.70. The predicted octanol–water partition coefficient (Wildman–Crippen LogP) is 4.21. The van der Waals surface area contributed by atoms with E-state index in [1.165, 1.54) is 0 Å². The van der Waals surface area contributed by atoms with Gasteiger partial charge in [-0.1, -0.05) is 36.4 Å². The molecule has 0 aliphatic carbocycles. The number of hydrogen-bond acceptors (Lipinski definition) is 3. The van der Waals surface area contributed by atoms with Crippen LogP contribution >= 0.6 is 0 Å². The van der Waals surface area contributed by atoms with Crippen LogP contribution in [0.2, 0.25) is 0 Å². The quantitative estimate of drug-likeness (QED) is 0.514. The highest BCUT2D eigenvalue weighted by atomic mass is 16.3. The molecule has 3 nitrogen and oxygen atoms in total. The van der Waals surface area contributed by atoms with Crippen LogP contribution < -0.4 is 0 Å². The van der Waals surface area contributed by atoms with Gasteiger partial charge in [0.05, 0.1) is 5.52 Å². The molecule has 2 heterocycles. The van der Waals surface area contributed by atoms with Gasteiger partial charge in [-0.2, -0.15) is 0 Å². The molecule has 0 saturated carbocycles. The third-order valence-corrected chi connectivity index (χ3v) is 3.54. The zero-order valence-corrected chi connectivity index (χ0v) is 11.1. The van der Waals surface area contributed by atoms with Crippen LogP contribution in [-0.4, -0.2) is 10.8 Å². The molecule has 0 aliphatic heterocycles. The molecule has 100 valence electrons. The monoisotopic (exact) mass is 273 g/mol. The maximum absolute atomic E-state index is 12.7. The van der Waals surface area contributed by atoms with Crippen LogP contribution in [-0.2, 0) is 0 Å². The molecule has 3 heteroatoms. The van der Waals surface area contributed by atoms with E-state index in [2.05, 4.69) is 4.98 Å². The van der Waals surface area contributed by atoms with Gasteiger partial charge in [-0.25, -0.2) is 0 Å². The van der Waals surface area contributed by atoms with Crippen molar-refractivity contribution in [1.29, 1.82) is 0 Å². The first kappa shape index (κ1) is 11.9. The van der Waals surface area contributed by atoms with Crippen molar-refractivity contribution >= 4 is 27.7 Å². The van der Waals surface area contributed by atoms with Crippen LogP contribution in [0.4, 0.5) is 0 Å². The van der Waals surface area contributed by atoms with E-state index < -0.39 is 0 Å². The van der Waals surface area contributed by atoms with Crippen LogP contribution in [0.25, 0.3) is 21.9 Å². The van der Waals surface area contributed by atoms with E-state index >= 15 is 0 Å². The van der Waals surface area contributed by atoms with Crippen LogP contribution in [0.5, 0.6) is 0 Å². The minimum Gasteiger partial charge on any atom is -0.453 e. The Hall–Kier alpha value is -2.94. The fraction of sp³-hybridized carbons (Fsp3) is 0. The van der Waals surface area contributed by atoms with Crippen LogP contribution in [0.15, 0.2) is 71.3 Å². The molecule has 2 aromatic carbocycles. The third-order valence-electron chi connectivity index (χ3n) is 3.54. The van der Waals surface area contributed by atoms with Gasteiger partial charge >= 0.3 is 0 Å². The lowest BCUT2D eigenvalue weighted by Crippen LogP contribution is -2.00. The molecule has 0 N–H and O–H groups in total. The Morgan fingerprint density at radius 1 is 0.952 bits per heavy atom. The van der Waals surface area contributed by atoms with Crippen LogP contribution in [0.3, 0.4) is 0 Å². The number of pyridine rings is 1. The van der Waals surface area contributed by atoms with Gasteiger partial charge < -0.3 is 4.42 Å². The SMILES string of the molecule is O=C(c1cc2ccccc2o1)c1cccc2ncccc12. The summed E-state index contributed by atoms with van der Waals surface area (Å²) in [5.74, 6) is 0.234. The highest BCUT2D eigenvalue weighted by molar-refractivity contribution is 6.15. The molecule has 0 atom stereocenters. The van der Waals surface area contributed by atoms with Crippen molar-refractivity contribution in [3.05, 3.63) is 78.2 Å². The topological polar surface area (TPSA) is 43.1 Å². The molecule has 0 unspecified atom stereocenters. The smallest absolute Gasteiger partial charge is 0.228 e. The average Bonchev–Trinajstić information content (AvgIpc) is 2.97. The van der Waals surface area contributed by atoms with E-state index in [1.54, 1.807) is 18.3 Å². The summed E-state index contributed by atoms with van der Waals surface area (Å²) in [4.78, 5) is 17.0. The van der Waals surface area contributed by atoms with Gasteiger partial charge in [0.1, 0.15) is 5.58 Å². The molecule has 0 amide bonds. The maximum atomic E-state index is 12.7. The molecule has 2 aromatic heterocycles. The number of aromatic nitrogens is 1. The van der Waals surface area contributed by atoms with Crippen molar-refractivity contribution in [2.45, 2.75) is 0 Å². The number of para-hydroxylation sites is 1. The molecule has 21 heavy (non-hydrogen) atoms. The molecule has 0 fully saturated rings. The van der Waals surface area contributed by atoms with Crippen molar-refractivity contribution < 1.29 is 9.21 Å². The third kappa shape index (κ3) is 1.91. The Kier molecular flexibility index (Phi) is 2.57. The Balaban J connectivity index is 1.90. The first-order chi connectivity index (χ1) is 10.3. The fourth-order valence-corrected chi connectivity index (χ4v) is 2.53. The number of furan rings is 1. The molecular formula is C18H11NO2. The summed E-state index contributed by atoms with van der Waals surface area (Å²) in [5.41, 5.74) is 2.14. The lowest BCUT2D eigenvalue weighted by atomic mass is 10.0. The van der Waals surface area contributed by atoms with E-state index in [0.717, 1.165) is 21.9 Å². The number of rotatable bonds is 2.